The predicted molar refractivity (Wildman–Crippen MR) is 67.2 cm³/mol. The minimum atomic E-state index is -0.616. The number of aromatic nitrogens is 1. The quantitative estimate of drug-likeness (QED) is 0.497. The fourth-order valence-electron chi connectivity index (χ4n) is 1.83. The molecular weight excluding hydrogens is 250 g/mol. The van der Waals surface area contributed by atoms with Crippen LogP contribution in [0.5, 0.6) is 0 Å². The molecule has 6 nitrogen and oxygen atoms in total. The van der Waals surface area contributed by atoms with Gasteiger partial charge in [-0.15, -0.1) is 0 Å². The first-order valence-corrected chi connectivity index (χ1v) is 5.88. The van der Waals surface area contributed by atoms with Crippen LogP contribution in [0, 0.1) is 13.8 Å². The number of aromatic amines is 1. The maximum Gasteiger partial charge on any atom is 0.340 e. The van der Waals surface area contributed by atoms with Crippen molar-refractivity contribution in [2.75, 3.05) is 13.7 Å². The van der Waals surface area contributed by atoms with E-state index in [1.54, 1.807) is 20.8 Å². The van der Waals surface area contributed by atoms with Crippen LogP contribution in [0.4, 0.5) is 0 Å². The van der Waals surface area contributed by atoms with Gasteiger partial charge >= 0.3 is 11.9 Å². The fourth-order valence-corrected chi connectivity index (χ4v) is 1.83. The Hall–Kier alpha value is -2.11. The van der Waals surface area contributed by atoms with Crippen LogP contribution in [0.15, 0.2) is 0 Å². The molecule has 104 valence electrons. The Kier molecular flexibility index (Phi) is 4.86. The fraction of sp³-hybridized carbons (Fsp3) is 0.462. The molecule has 0 spiro atoms. The van der Waals surface area contributed by atoms with Crippen molar-refractivity contribution in [2.45, 2.75) is 27.2 Å². The second-order valence-electron chi connectivity index (χ2n) is 4.02. The minimum Gasteiger partial charge on any atom is -0.469 e. The number of esters is 2. The van der Waals surface area contributed by atoms with Crippen LogP contribution >= 0.6 is 0 Å². The van der Waals surface area contributed by atoms with Crippen molar-refractivity contribution >= 4 is 17.7 Å². The van der Waals surface area contributed by atoms with E-state index in [0.717, 1.165) is 0 Å². The van der Waals surface area contributed by atoms with E-state index < -0.39 is 17.7 Å². The predicted octanol–water partition coefficient (Wildman–Crippen LogP) is 1.55. The van der Waals surface area contributed by atoms with Crippen LogP contribution in [0.2, 0.25) is 0 Å². The summed E-state index contributed by atoms with van der Waals surface area (Å²) in [5.74, 6) is -1.51. The number of methoxy groups -OCH3 is 1. The molecule has 1 N–H and O–H groups in total. The Morgan fingerprint density at radius 1 is 1.21 bits per heavy atom. The molecule has 0 aliphatic carbocycles. The van der Waals surface area contributed by atoms with Crippen molar-refractivity contribution < 1.29 is 23.9 Å². The number of ether oxygens (including phenoxy) is 2. The highest BCUT2D eigenvalue weighted by Gasteiger charge is 2.24. The van der Waals surface area contributed by atoms with E-state index in [-0.39, 0.29) is 18.7 Å². The Labute approximate surface area is 111 Å². The molecule has 0 atom stereocenters. The smallest absolute Gasteiger partial charge is 0.340 e. The number of ketones is 1. The standard InChI is InChI=1S/C13H17NO5/c1-5-19-13(17)11-7(2)12(14-8(11)3)9(15)6-10(16)18-4/h14H,5-6H2,1-4H3. The van der Waals surface area contributed by atoms with Crippen molar-refractivity contribution in [3.8, 4) is 0 Å². The van der Waals surface area contributed by atoms with E-state index in [4.69, 9.17) is 4.74 Å². The van der Waals surface area contributed by atoms with Gasteiger partial charge < -0.3 is 14.5 Å². The molecule has 1 aromatic heterocycles. The zero-order valence-electron chi connectivity index (χ0n) is 11.5. The number of H-pyrrole nitrogens is 1. The number of aryl methyl sites for hydroxylation is 1. The summed E-state index contributed by atoms with van der Waals surface area (Å²) in [6.45, 7) is 5.28. The lowest BCUT2D eigenvalue weighted by Crippen LogP contribution is -2.11. The van der Waals surface area contributed by atoms with Gasteiger partial charge in [0, 0.05) is 5.69 Å². The topological polar surface area (TPSA) is 85.5 Å². The second-order valence-corrected chi connectivity index (χ2v) is 4.02. The Morgan fingerprint density at radius 3 is 2.37 bits per heavy atom. The van der Waals surface area contributed by atoms with Crippen LogP contribution in [0.1, 0.15) is 45.4 Å². The molecule has 1 rings (SSSR count). The molecule has 0 aromatic carbocycles. The SMILES string of the molecule is CCOC(=O)c1c(C)[nH]c(C(=O)CC(=O)OC)c1C. The molecule has 0 saturated heterocycles. The molecule has 0 unspecified atom stereocenters. The largest absolute Gasteiger partial charge is 0.469 e. The summed E-state index contributed by atoms with van der Waals surface area (Å²) in [6.07, 6.45) is -0.362. The monoisotopic (exact) mass is 267 g/mol. The highest BCUT2D eigenvalue weighted by Crippen LogP contribution is 2.20. The highest BCUT2D eigenvalue weighted by molar-refractivity contribution is 6.07. The Morgan fingerprint density at radius 2 is 1.84 bits per heavy atom. The van der Waals surface area contributed by atoms with Gasteiger partial charge in [-0.3, -0.25) is 9.59 Å². The number of carbonyl (C=O) groups is 3. The summed E-state index contributed by atoms with van der Waals surface area (Å²) in [4.78, 5) is 37.6. The first-order chi connectivity index (χ1) is 8.92. The first kappa shape index (κ1) is 14.9. The summed E-state index contributed by atoms with van der Waals surface area (Å²) in [7, 11) is 1.21. The van der Waals surface area contributed by atoms with Gasteiger partial charge in [0.25, 0.3) is 0 Å². The number of carbonyl (C=O) groups excluding carboxylic acids is 3. The van der Waals surface area contributed by atoms with Gasteiger partial charge in [0.05, 0.1) is 25.0 Å². The number of nitrogens with one attached hydrogen (secondary N) is 1. The van der Waals surface area contributed by atoms with E-state index in [1.165, 1.54) is 7.11 Å². The molecule has 0 saturated carbocycles. The van der Waals surface area contributed by atoms with Crippen LogP contribution in [-0.4, -0.2) is 36.4 Å². The lowest BCUT2D eigenvalue weighted by molar-refractivity contribution is -0.139. The van der Waals surface area contributed by atoms with Crippen LogP contribution in [0.25, 0.3) is 0 Å². The zero-order valence-corrected chi connectivity index (χ0v) is 11.5. The van der Waals surface area contributed by atoms with E-state index in [1.807, 2.05) is 0 Å². The number of hydrogen-bond acceptors (Lipinski definition) is 5. The van der Waals surface area contributed by atoms with Gasteiger partial charge in [-0.1, -0.05) is 0 Å². The first-order valence-electron chi connectivity index (χ1n) is 5.88. The van der Waals surface area contributed by atoms with Gasteiger partial charge in [-0.25, -0.2) is 4.79 Å². The van der Waals surface area contributed by atoms with Gasteiger partial charge in [-0.05, 0) is 26.3 Å². The Balaban J connectivity index is 3.05. The maximum absolute atomic E-state index is 11.9. The Bertz CT molecular complexity index is 515. The van der Waals surface area contributed by atoms with Gasteiger partial charge in [0.1, 0.15) is 6.42 Å². The van der Waals surface area contributed by atoms with E-state index >= 15 is 0 Å². The van der Waals surface area contributed by atoms with Crippen LogP contribution < -0.4 is 0 Å². The molecule has 0 aliphatic heterocycles. The molecule has 0 radical (unpaired) electrons. The molecule has 1 aromatic rings. The van der Waals surface area contributed by atoms with Crippen molar-refractivity contribution in [2.24, 2.45) is 0 Å². The van der Waals surface area contributed by atoms with Crippen molar-refractivity contribution in [3.05, 3.63) is 22.5 Å². The number of hydrogen-bond donors (Lipinski definition) is 1. The van der Waals surface area contributed by atoms with Gasteiger partial charge in [-0.2, -0.15) is 0 Å². The van der Waals surface area contributed by atoms with Crippen molar-refractivity contribution in [3.63, 3.8) is 0 Å². The lowest BCUT2D eigenvalue weighted by Gasteiger charge is -2.02. The molecule has 0 amide bonds. The summed E-state index contributed by atoms with van der Waals surface area (Å²) in [6, 6.07) is 0. The lowest BCUT2D eigenvalue weighted by atomic mass is 10.1. The summed E-state index contributed by atoms with van der Waals surface area (Å²) >= 11 is 0. The van der Waals surface area contributed by atoms with Gasteiger partial charge in [0.2, 0.25) is 0 Å². The minimum absolute atomic E-state index is 0.242. The summed E-state index contributed by atoms with van der Waals surface area (Å²) in [5, 5.41) is 0. The third-order valence-corrected chi connectivity index (χ3v) is 2.73. The summed E-state index contributed by atoms with van der Waals surface area (Å²) in [5.41, 5.74) is 1.62. The zero-order chi connectivity index (χ0) is 14.6. The second kappa shape index (κ2) is 6.17. The van der Waals surface area contributed by atoms with E-state index in [9.17, 15) is 14.4 Å². The average Bonchev–Trinajstić information content (AvgIpc) is 2.65. The van der Waals surface area contributed by atoms with Crippen LogP contribution in [-0.2, 0) is 14.3 Å². The third-order valence-electron chi connectivity index (χ3n) is 2.73. The number of Topliss-reactive ketones (excluding diaryl/α,β-unsaturated/α-hetero) is 1. The molecule has 1 heterocycles. The van der Waals surface area contributed by atoms with E-state index in [2.05, 4.69) is 9.72 Å². The van der Waals surface area contributed by atoms with Crippen LogP contribution in [0.3, 0.4) is 0 Å². The maximum atomic E-state index is 11.9. The van der Waals surface area contributed by atoms with Crippen molar-refractivity contribution in [1.29, 1.82) is 0 Å². The van der Waals surface area contributed by atoms with E-state index in [0.29, 0.717) is 16.8 Å². The highest BCUT2D eigenvalue weighted by atomic mass is 16.5. The normalized spacial score (nSPS) is 10.1. The number of rotatable bonds is 5. The molecule has 19 heavy (non-hydrogen) atoms. The van der Waals surface area contributed by atoms with Crippen molar-refractivity contribution in [1.82, 2.24) is 4.98 Å². The molecule has 6 heteroatoms. The molecule has 0 aliphatic rings. The average molecular weight is 267 g/mol. The molecule has 0 bridgehead atoms. The molecule has 0 fully saturated rings. The summed E-state index contributed by atoms with van der Waals surface area (Å²) < 4.78 is 9.36. The third kappa shape index (κ3) is 3.21. The van der Waals surface area contributed by atoms with Gasteiger partial charge in [0.15, 0.2) is 5.78 Å². The molecular formula is C13H17NO5.